The van der Waals surface area contributed by atoms with Crippen molar-refractivity contribution in [1.29, 1.82) is 0 Å². The highest BCUT2D eigenvalue weighted by Crippen LogP contribution is 2.49. The molecule has 0 N–H and O–H groups in total. The molecule has 0 fully saturated rings. The number of anilines is 6. The molecule has 0 radical (unpaired) electrons. The van der Waals surface area contributed by atoms with Crippen LogP contribution in [0.2, 0.25) is 5.02 Å². The number of fused-ring (bicyclic) bond motifs is 6. The smallest absolute Gasteiger partial charge is 0.139 e. The minimum atomic E-state index is 0.647. The van der Waals surface area contributed by atoms with Gasteiger partial charge in [-0.15, -0.1) is 0 Å². The summed E-state index contributed by atoms with van der Waals surface area (Å²) in [4.78, 5) is 4.66. The molecule has 0 amide bonds. The zero-order valence-corrected chi connectivity index (χ0v) is 36.5. The van der Waals surface area contributed by atoms with E-state index in [0.717, 1.165) is 101 Å². The topological polar surface area (TPSA) is 25.6 Å². The van der Waals surface area contributed by atoms with Crippen molar-refractivity contribution in [2.75, 3.05) is 9.80 Å². The molecule has 0 aliphatic carbocycles. The maximum absolute atomic E-state index is 7.22. The van der Waals surface area contributed by atoms with Crippen molar-refractivity contribution in [2.45, 2.75) is 0 Å². The van der Waals surface area contributed by atoms with Gasteiger partial charge in [-0.1, -0.05) is 145 Å². The molecule has 0 atom stereocenters. The van der Waals surface area contributed by atoms with Crippen LogP contribution in [-0.4, -0.2) is 9.13 Å². The highest BCUT2D eigenvalue weighted by molar-refractivity contribution is 6.33. The number of hydrogen-bond donors (Lipinski definition) is 0. The molecule has 0 bridgehead atoms. The molecule has 5 nitrogen and oxygen atoms in total. The first kappa shape index (κ1) is 39.1. The van der Waals surface area contributed by atoms with Crippen molar-refractivity contribution in [3.8, 4) is 22.9 Å². The summed E-state index contributed by atoms with van der Waals surface area (Å²) in [5.74, 6) is 1.53. The van der Waals surface area contributed by atoms with Crippen LogP contribution in [-0.2, 0) is 0 Å². The largest absolute Gasteiger partial charge is 0.457 e. The van der Waals surface area contributed by atoms with E-state index in [9.17, 15) is 0 Å². The van der Waals surface area contributed by atoms with Crippen LogP contribution in [0.5, 0.6) is 11.5 Å². The molecule has 12 rings (SSSR count). The van der Waals surface area contributed by atoms with Gasteiger partial charge in [-0.05, 0) is 109 Å². The van der Waals surface area contributed by atoms with Gasteiger partial charge in [-0.25, -0.2) is 0 Å². The number of benzene rings is 10. The molecule has 0 aliphatic heterocycles. The van der Waals surface area contributed by atoms with Crippen LogP contribution in [0.1, 0.15) is 0 Å². The number of aromatic nitrogens is 2. The highest BCUT2D eigenvalue weighted by atomic mass is 35.5. The molecule has 0 spiro atoms. The lowest BCUT2D eigenvalue weighted by molar-refractivity contribution is 0.489. The zero-order valence-electron chi connectivity index (χ0n) is 35.7. The molecule has 2 aromatic heterocycles. The van der Waals surface area contributed by atoms with Crippen molar-refractivity contribution in [3.63, 3.8) is 0 Å². The molecule has 0 unspecified atom stereocenters. The van der Waals surface area contributed by atoms with Gasteiger partial charge in [0.1, 0.15) is 11.5 Å². The lowest BCUT2D eigenvalue weighted by Gasteiger charge is -2.30. The summed E-state index contributed by atoms with van der Waals surface area (Å²) >= 11 is 7.22. The fraction of sp³-hybridized carbons (Fsp3) is 0. The molecule has 12 aromatic rings. The Morgan fingerprint density at radius 2 is 0.788 bits per heavy atom. The van der Waals surface area contributed by atoms with Gasteiger partial charge in [0.2, 0.25) is 0 Å². The molecule has 0 aliphatic rings. The van der Waals surface area contributed by atoms with Gasteiger partial charge in [0, 0.05) is 61.4 Å². The molecule has 0 saturated heterocycles. The van der Waals surface area contributed by atoms with Crippen LogP contribution in [0, 0.1) is 0 Å². The van der Waals surface area contributed by atoms with Gasteiger partial charge in [0.25, 0.3) is 0 Å². The van der Waals surface area contributed by atoms with E-state index in [-0.39, 0.29) is 0 Å². The molecule has 314 valence electrons. The van der Waals surface area contributed by atoms with E-state index in [1.807, 2.05) is 30.3 Å². The Labute approximate surface area is 387 Å². The average molecular weight is 869 g/mol. The Balaban J connectivity index is 1.11. The lowest BCUT2D eigenvalue weighted by Crippen LogP contribution is -2.13. The number of nitrogens with zero attached hydrogens (tertiary/aromatic N) is 4. The van der Waals surface area contributed by atoms with Crippen LogP contribution in [0.3, 0.4) is 0 Å². The van der Waals surface area contributed by atoms with Crippen LogP contribution in [0.4, 0.5) is 34.1 Å². The third-order valence-corrected chi connectivity index (χ3v) is 12.5. The zero-order chi connectivity index (χ0) is 44.0. The van der Waals surface area contributed by atoms with Gasteiger partial charge >= 0.3 is 0 Å². The lowest BCUT2D eigenvalue weighted by atomic mass is 10.1. The number of halogens is 1. The summed E-state index contributed by atoms with van der Waals surface area (Å²) in [6, 6.07) is 86.9. The van der Waals surface area contributed by atoms with Crippen molar-refractivity contribution in [3.05, 3.63) is 254 Å². The molecule has 0 saturated carbocycles. The van der Waals surface area contributed by atoms with Crippen LogP contribution in [0.15, 0.2) is 249 Å². The Kier molecular flexibility index (Phi) is 9.81. The van der Waals surface area contributed by atoms with Crippen molar-refractivity contribution >= 4 is 89.3 Å². The molecule has 2 heterocycles. The minimum absolute atomic E-state index is 0.647. The Hall–Kier alpha value is -8.51. The van der Waals surface area contributed by atoms with E-state index in [2.05, 4.69) is 237 Å². The monoisotopic (exact) mass is 868 g/mol. The summed E-state index contributed by atoms with van der Waals surface area (Å²) in [5, 5.41) is 5.04. The van der Waals surface area contributed by atoms with Crippen LogP contribution < -0.4 is 14.5 Å². The summed E-state index contributed by atoms with van der Waals surface area (Å²) in [6.45, 7) is 0. The van der Waals surface area contributed by atoms with E-state index >= 15 is 0 Å². The Bertz CT molecular complexity index is 3680. The van der Waals surface area contributed by atoms with Gasteiger partial charge in [0.15, 0.2) is 0 Å². The van der Waals surface area contributed by atoms with Gasteiger partial charge in [0.05, 0.1) is 38.8 Å². The van der Waals surface area contributed by atoms with E-state index in [0.29, 0.717) is 5.02 Å². The second kappa shape index (κ2) is 16.6. The number of ether oxygens (including phenoxy) is 1. The second-order valence-electron chi connectivity index (χ2n) is 16.3. The predicted molar refractivity (Wildman–Crippen MR) is 276 cm³/mol. The Morgan fingerprint density at radius 3 is 1.38 bits per heavy atom. The van der Waals surface area contributed by atoms with Crippen molar-refractivity contribution in [1.82, 2.24) is 9.13 Å². The first-order valence-electron chi connectivity index (χ1n) is 22.1. The molecular formula is C60H41ClN4O. The number of para-hydroxylation sites is 7. The minimum Gasteiger partial charge on any atom is -0.457 e. The first-order valence-corrected chi connectivity index (χ1v) is 22.5. The third kappa shape index (κ3) is 6.81. The van der Waals surface area contributed by atoms with E-state index < -0.39 is 0 Å². The summed E-state index contributed by atoms with van der Waals surface area (Å²) in [7, 11) is 0. The number of rotatable bonds is 10. The molecule has 10 aromatic carbocycles. The van der Waals surface area contributed by atoms with Gasteiger partial charge in [-0.3, -0.25) is 0 Å². The van der Waals surface area contributed by atoms with E-state index in [1.165, 1.54) is 0 Å². The van der Waals surface area contributed by atoms with Crippen molar-refractivity contribution < 1.29 is 4.74 Å². The van der Waals surface area contributed by atoms with E-state index in [4.69, 9.17) is 16.3 Å². The maximum atomic E-state index is 7.22. The van der Waals surface area contributed by atoms with E-state index in [1.54, 1.807) is 0 Å². The highest BCUT2D eigenvalue weighted by Gasteiger charge is 2.25. The maximum Gasteiger partial charge on any atom is 0.139 e. The quantitative estimate of drug-likeness (QED) is 0.137. The molecule has 66 heavy (non-hydrogen) atoms. The standard InChI is InChI=1S/C60H41ClN4O/c61-42-37-55(59-51-33-16-18-35-53(51)64(56(59)38-42)45-25-10-3-11-26-45)63(44-23-8-2-9-24-44)48-30-20-29-47(39-48)62(43-21-6-1-7-22-43)49-40-57-60(58(41-49)66-50-31-14-5-15-32-50)52-34-17-19-36-54(52)65(57)46-27-12-4-13-28-46/h1-41H. The Morgan fingerprint density at radius 1 is 0.333 bits per heavy atom. The van der Waals surface area contributed by atoms with Gasteiger partial charge < -0.3 is 23.7 Å². The summed E-state index contributed by atoms with van der Waals surface area (Å²) < 4.78 is 11.6. The summed E-state index contributed by atoms with van der Waals surface area (Å²) in [5.41, 5.74) is 12.3. The van der Waals surface area contributed by atoms with Crippen LogP contribution in [0.25, 0.3) is 55.0 Å². The van der Waals surface area contributed by atoms with Crippen LogP contribution >= 0.6 is 11.6 Å². The predicted octanol–water partition coefficient (Wildman–Crippen LogP) is 17.3. The molecular weight excluding hydrogens is 828 g/mol. The first-order chi connectivity index (χ1) is 32.7. The fourth-order valence-electron chi connectivity index (χ4n) is 9.60. The SMILES string of the molecule is Clc1cc(N(c2ccccc2)c2cccc(N(c3ccccc3)c3cc(Oc4ccccc4)c4c5ccccc5n(-c5ccccc5)c4c3)c2)c2c3ccccc3n(-c3ccccc3)c2c1. The number of hydrogen-bond acceptors (Lipinski definition) is 3. The summed E-state index contributed by atoms with van der Waals surface area (Å²) in [6.07, 6.45) is 0. The average Bonchev–Trinajstić information content (AvgIpc) is 3.89. The third-order valence-electron chi connectivity index (χ3n) is 12.3. The van der Waals surface area contributed by atoms with Crippen molar-refractivity contribution in [2.24, 2.45) is 0 Å². The normalized spacial score (nSPS) is 11.4. The second-order valence-corrected chi connectivity index (χ2v) is 16.7. The fourth-order valence-corrected chi connectivity index (χ4v) is 9.80. The van der Waals surface area contributed by atoms with Gasteiger partial charge in [-0.2, -0.15) is 0 Å². The molecule has 6 heteroatoms.